The van der Waals surface area contributed by atoms with E-state index in [1.807, 2.05) is 16.2 Å². The van der Waals surface area contributed by atoms with E-state index < -0.39 is 23.9 Å². The molecule has 1 atom stereocenters. The maximum Gasteiger partial charge on any atom is 0.405 e. The molecule has 7 nitrogen and oxygen atoms in total. The summed E-state index contributed by atoms with van der Waals surface area (Å²) in [5, 5.41) is 10.2. The third-order valence-electron chi connectivity index (χ3n) is 1.09. The molecule has 4 N–H and O–H groups in total. The van der Waals surface area contributed by atoms with Gasteiger partial charge < -0.3 is 10.4 Å². The zero-order chi connectivity index (χ0) is 10.4. The Bertz CT molecular complexity index is 228. The second-order valence-electron chi connectivity index (χ2n) is 2.34. The van der Waals surface area contributed by atoms with Crippen LogP contribution in [0.3, 0.4) is 0 Å². The number of rotatable bonds is 2. The van der Waals surface area contributed by atoms with Crippen molar-refractivity contribution in [2.45, 2.75) is 19.9 Å². The van der Waals surface area contributed by atoms with Crippen molar-refractivity contribution in [3.63, 3.8) is 0 Å². The smallest absolute Gasteiger partial charge is 0.405 e. The number of carbonyl (C=O) groups is 3. The Morgan fingerprint density at radius 1 is 1.23 bits per heavy atom. The van der Waals surface area contributed by atoms with E-state index in [4.69, 9.17) is 5.11 Å². The first-order valence-corrected chi connectivity index (χ1v) is 3.49. The molecule has 0 unspecified atom stereocenters. The summed E-state index contributed by atoms with van der Waals surface area (Å²) in [5.41, 5.74) is 4.05. The summed E-state index contributed by atoms with van der Waals surface area (Å²) in [6, 6.07) is -0.913. The third kappa shape index (κ3) is 5.48. The van der Waals surface area contributed by atoms with Crippen molar-refractivity contribution in [1.29, 1.82) is 0 Å². The highest BCUT2D eigenvalue weighted by Crippen LogP contribution is 1.79. The van der Waals surface area contributed by atoms with Crippen molar-refractivity contribution in [2.24, 2.45) is 0 Å². The van der Waals surface area contributed by atoms with Crippen molar-refractivity contribution >= 4 is 17.9 Å². The fourth-order valence-electron chi connectivity index (χ4n) is 0.509. The second kappa shape index (κ2) is 4.96. The Morgan fingerprint density at radius 3 is 2.15 bits per heavy atom. The molecule has 7 heteroatoms. The van der Waals surface area contributed by atoms with Crippen molar-refractivity contribution < 1.29 is 19.5 Å². The summed E-state index contributed by atoms with van der Waals surface area (Å²) >= 11 is 0. The van der Waals surface area contributed by atoms with Gasteiger partial charge in [-0.25, -0.2) is 4.79 Å². The molecule has 13 heavy (non-hydrogen) atoms. The van der Waals surface area contributed by atoms with Crippen molar-refractivity contribution in [3.8, 4) is 0 Å². The lowest BCUT2D eigenvalue weighted by molar-refractivity contribution is -0.128. The van der Waals surface area contributed by atoms with E-state index in [2.05, 4.69) is 0 Å². The van der Waals surface area contributed by atoms with E-state index >= 15 is 0 Å². The minimum atomic E-state index is -1.30. The van der Waals surface area contributed by atoms with Gasteiger partial charge >= 0.3 is 6.09 Å². The molecule has 0 aromatic carbocycles. The van der Waals surface area contributed by atoms with Crippen LogP contribution in [0.5, 0.6) is 0 Å². The zero-order valence-electron chi connectivity index (χ0n) is 7.25. The lowest BCUT2D eigenvalue weighted by atomic mass is 10.3. The van der Waals surface area contributed by atoms with E-state index in [-0.39, 0.29) is 0 Å². The molecule has 0 bridgehead atoms. The quantitative estimate of drug-likeness (QED) is 0.409. The Labute approximate surface area is 74.5 Å². The molecular weight excluding hydrogens is 178 g/mol. The van der Waals surface area contributed by atoms with E-state index in [0.717, 1.165) is 0 Å². The molecule has 0 spiro atoms. The Morgan fingerprint density at radius 2 is 1.77 bits per heavy atom. The summed E-state index contributed by atoms with van der Waals surface area (Å²) in [6.07, 6.45) is -1.30. The molecular formula is C6H11N3O4. The van der Waals surface area contributed by atoms with Gasteiger partial charge in [0.1, 0.15) is 6.04 Å². The van der Waals surface area contributed by atoms with Gasteiger partial charge in [-0.05, 0) is 6.92 Å². The summed E-state index contributed by atoms with van der Waals surface area (Å²) in [7, 11) is 0. The number of hydrazine groups is 1. The lowest BCUT2D eigenvalue weighted by Crippen LogP contribution is -2.50. The number of carbonyl (C=O) groups excluding carboxylic acids is 2. The van der Waals surface area contributed by atoms with Crippen molar-refractivity contribution in [1.82, 2.24) is 16.2 Å². The highest BCUT2D eigenvalue weighted by molar-refractivity contribution is 5.86. The van der Waals surface area contributed by atoms with Crippen LogP contribution in [0, 0.1) is 0 Å². The van der Waals surface area contributed by atoms with Gasteiger partial charge in [0, 0.05) is 6.92 Å². The van der Waals surface area contributed by atoms with Crippen molar-refractivity contribution in [3.05, 3.63) is 0 Å². The van der Waals surface area contributed by atoms with Gasteiger partial charge in [0.2, 0.25) is 5.91 Å². The van der Waals surface area contributed by atoms with Crippen LogP contribution in [-0.4, -0.2) is 29.1 Å². The normalized spacial score (nSPS) is 11.2. The first-order chi connectivity index (χ1) is 5.93. The average molecular weight is 189 g/mol. The number of hydrogen-bond donors (Lipinski definition) is 4. The highest BCUT2D eigenvalue weighted by atomic mass is 16.4. The standard InChI is InChI=1S/C6H11N3O4/c1-3(7-6(12)13)5(11)9-8-4(2)10/h3,7H,1-2H3,(H,8,10)(H,9,11)(H,12,13)/t3-/m1/s1. The van der Waals surface area contributed by atoms with Crippen molar-refractivity contribution in [2.75, 3.05) is 0 Å². The van der Waals surface area contributed by atoms with Gasteiger partial charge in [-0.3, -0.25) is 20.4 Å². The van der Waals surface area contributed by atoms with E-state index in [9.17, 15) is 14.4 Å². The molecule has 74 valence electrons. The van der Waals surface area contributed by atoms with Crippen LogP contribution >= 0.6 is 0 Å². The average Bonchev–Trinajstić information content (AvgIpc) is 1.98. The Kier molecular flexibility index (Phi) is 4.28. The first kappa shape index (κ1) is 11.2. The zero-order valence-corrected chi connectivity index (χ0v) is 7.25. The van der Waals surface area contributed by atoms with E-state index in [1.54, 1.807) is 0 Å². The van der Waals surface area contributed by atoms with Gasteiger partial charge in [-0.2, -0.15) is 0 Å². The number of amides is 3. The predicted molar refractivity (Wildman–Crippen MR) is 42.6 cm³/mol. The molecule has 0 aromatic rings. The summed E-state index contributed by atoms with van der Waals surface area (Å²) in [6.45, 7) is 2.57. The SMILES string of the molecule is CC(=O)NNC(=O)[C@@H](C)NC(=O)O. The van der Waals surface area contributed by atoms with E-state index in [0.29, 0.717) is 0 Å². The maximum atomic E-state index is 10.9. The number of carboxylic acid groups (broad SMARTS) is 1. The van der Waals surface area contributed by atoms with Crippen LogP contribution in [0.2, 0.25) is 0 Å². The minimum absolute atomic E-state index is 0.434. The molecule has 0 aliphatic heterocycles. The summed E-state index contributed by atoms with van der Waals surface area (Å²) < 4.78 is 0. The number of hydrogen-bond acceptors (Lipinski definition) is 3. The monoisotopic (exact) mass is 189 g/mol. The molecule has 3 amide bonds. The van der Waals surface area contributed by atoms with Crippen LogP contribution in [0.15, 0.2) is 0 Å². The second-order valence-corrected chi connectivity index (χ2v) is 2.34. The molecule has 0 saturated carbocycles. The van der Waals surface area contributed by atoms with Gasteiger partial charge in [0.05, 0.1) is 0 Å². The van der Waals surface area contributed by atoms with Gasteiger partial charge in [0.25, 0.3) is 5.91 Å². The summed E-state index contributed by atoms with van der Waals surface area (Å²) in [4.78, 5) is 31.3. The molecule has 0 aliphatic carbocycles. The summed E-state index contributed by atoms with van der Waals surface area (Å²) in [5.74, 6) is -1.06. The Balaban J connectivity index is 3.82. The van der Waals surface area contributed by atoms with Crippen LogP contribution in [0.1, 0.15) is 13.8 Å². The topological polar surface area (TPSA) is 108 Å². The predicted octanol–water partition coefficient (Wildman–Crippen LogP) is -1.19. The first-order valence-electron chi connectivity index (χ1n) is 3.49. The maximum absolute atomic E-state index is 10.9. The fraction of sp³-hybridized carbons (Fsp3) is 0.500. The lowest BCUT2D eigenvalue weighted by Gasteiger charge is -2.11. The largest absolute Gasteiger partial charge is 0.465 e. The molecule has 0 rings (SSSR count). The molecule has 0 heterocycles. The fourth-order valence-corrected chi connectivity index (χ4v) is 0.509. The molecule has 0 aromatic heterocycles. The highest BCUT2D eigenvalue weighted by Gasteiger charge is 2.14. The molecule has 0 fully saturated rings. The molecule has 0 saturated heterocycles. The molecule has 0 radical (unpaired) electrons. The van der Waals surface area contributed by atoms with Gasteiger partial charge in [-0.1, -0.05) is 0 Å². The minimum Gasteiger partial charge on any atom is -0.465 e. The van der Waals surface area contributed by atoms with Crippen LogP contribution in [0.4, 0.5) is 4.79 Å². The van der Waals surface area contributed by atoms with Gasteiger partial charge in [0.15, 0.2) is 0 Å². The van der Waals surface area contributed by atoms with Crippen LogP contribution < -0.4 is 16.2 Å². The molecule has 0 aliphatic rings. The Hall–Kier alpha value is -1.79. The number of nitrogens with one attached hydrogen (secondary N) is 3. The van der Waals surface area contributed by atoms with Crippen LogP contribution in [-0.2, 0) is 9.59 Å². The van der Waals surface area contributed by atoms with E-state index in [1.165, 1.54) is 13.8 Å². The third-order valence-corrected chi connectivity index (χ3v) is 1.09. The van der Waals surface area contributed by atoms with Crippen LogP contribution in [0.25, 0.3) is 0 Å². The van der Waals surface area contributed by atoms with Gasteiger partial charge in [-0.15, -0.1) is 0 Å².